The van der Waals surface area contributed by atoms with Crippen LogP contribution >= 0.6 is 0 Å². The number of hydrogen-bond acceptors (Lipinski definition) is 4. The molecule has 3 rings (SSSR count). The number of hydrogen-bond donors (Lipinski definition) is 3. The number of quaternary nitrogens is 1. The van der Waals surface area contributed by atoms with Crippen molar-refractivity contribution in [1.82, 2.24) is 10.6 Å². The number of imide groups is 1. The lowest BCUT2D eigenvalue weighted by Gasteiger charge is -2.26. The van der Waals surface area contributed by atoms with Crippen LogP contribution in [0.4, 0.5) is 4.79 Å². The standard InChI is InChI=1S/C17H23N3O4/c1-23-14-7-11-5-6-20(9-12(11)8-15(14)24-2)10-16(21)19-17(22)18-13-3-4-13/h7-8,13H,3-6,9-10H2,1-2H3,(H2,18,19,21,22)/p+1. The Hall–Kier alpha value is -2.28. The number of benzene rings is 1. The van der Waals surface area contributed by atoms with E-state index >= 15 is 0 Å². The van der Waals surface area contributed by atoms with Gasteiger partial charge in [-0.3, -0.25) is 10.1 Å². The van der Waals surface area contributed by atoms with Gasteiger partial charge in [0.15, 0.2) is 18.0 Å². The number of urea groups is 1. The molecule has 1 fully saturated rings. The van der Waals surface area contributed by atoms with Gasteiger partial charge in [-0.05, 0) is 30.5 Å². The van der Waals surface area contributed by atoms with E-state index in [9.17, 15) is 9.59 Å². The maximum atomic E-state index is 12.0. The highest BCUT2D eigenvalue weighted by atomic mass is 16.5. The van der Waals surface area contributed by atoms with Crippen LogP contribution in [0.25, 0.3) is 0 Å². The van der Waals surface area contributed by atoms with E-state index < -0.39 is 0 Å². The molecule has 2 aliphatic rings. The van der Waals surface area contributed by atoms with Crippen LogP contribution in [0.5, 0.6) is 11.5 Å². The van der Waals surface area contributed by atoms with Gasteiger partial charge in [0.25, 0.3) is 5.91 Å². The summed E-state index contributed by atoms with van der Waals surface area (Å²) >= 11 is 0. The molecule has 1 unspecified atom stereocenters. The second-order valence-electron chi connectivity index (χ2n) is 6.38. The van der Waals surface area contributed by atoms with E-state index in [1.165, 1.54) is 5.56 Å². The summed E-state index contributed by atoms with van der Waals surface area (Å²) in [5.41, 5.74) is 2.38. The number of fused-ring (bicyclic) bond motifs is 1. The Balaban J connectivity index is 1.57. The Morgan fingerprint density at radius 2 is 1.83 bits per heavy atom. The first-order valence-corrected chi connectivity index (χ1v) is 8.26. The SMILES string of the molecule is COc1cc2c(cc1OC)C[NH+](CC(=O)NC(=O)NC1CC1)CC2. The Labute approximate surface area is 141 Å². The molecule has 0 radical (unpaired) electrons. The molecule has 3 amide bonds. The minimum absolute atomic E-state index is 0.243. The zero-order valence-electron chi connectivity index (χ0n) is 14.1. The van der Waals surface area contributed by atoms with Crippen LogP contribution in [-0.2, 0) is 17.8 Å². The van der Waals surface area contributed by atoms with Crippen LogP contribution < -0.4 is 25.0 Å². The monoisotopic (exact) mass is 334 g/mol. The fraction of sp³-hybridized carbons (Fsp3) is 0.529. The number of carbonyl (C=O) groups excluding carboxylic acids is 2. The Morgan fingerprint density at radius 1 is 1.17 bits per heavy atom. The normalized spacial score (nSPS) is 19.2. The van der Waals surface area contributed by atoms with Crippen LogP contribution in [0.3, 0.4) is 0 Å². The van der Waals surface area contributed by atoms with Crippen LogP contribution in [0, 0.1) is 0 Å². The summed E-state index contributed by atoms with van der Waals surface area (Å²) in [6.45, 7) is 1.86. The Kier molecular flexibility index (Phi) is 4.89. The number of methoxy groups -OCH3 is 2. The number of amides is 3. The van der Waals surface area contributed by atoms with Gasteiger partial charge in [0.05, 0.1) is 20.8 Å². The molecule has 1 aliphatic heterocycles. The van der Waals surface area contributed by atoms with Gasteiger partial charge in [-0.1, -0.05) is 0 Å². The second kappa shape index (κ2) is 7.09. The molecule has 3 N–H and O–H groups in total. The molecule has 130 valence electrons. The third kappa shape index (κ3) is 3.97. The largest absolute Gasteiger partial charge is 0.493 e. The van der Waals surface area contributed by atoms with Gasteiger partial charge in [-0.2, -0.15) is 0 Å². The van der Waals surface area contributed by atoms with Crippen molar-refractivity contribution in [2.75, 3.05) is 27.3 Å². The average Bonchev–Trinajstić information content (AvgIpc) is 3.36. The third-order valence-electron chi connectivity index (χ3n) is 4.47. The highest BCUT2D eigenvalue weighted by Crippen LogP contribution is 2.31. The van der Waals surface area contributed by atoms with Crippen LogP contribution in [-0.4, -0.2) is 45.3 Å². The molecule has 0 bridgehead atoms. The topological polar surface area (TPSA) is 81.1 Å². The van der Waals surface area contributed by atoms with Gasteiger partial charge < -0.3 is 19.7 Å². The maximum absolute atomic E-state index is 12.0. The predicted octanol–water partition coefficient (Wildman–Crippen LogP) is -0.367. The fourth-order valence-electron chi connectivity index (χ4n) is 3.03. The molecular weight excluding hydrogens is 310 g/mol. The first-order chi connectivity index (χ1) is 11.6. The molecule has 0 saturated heterocycles. The number of carbonyl (C=O) groups is 2. The van der Waals surface area contributed by atoms with Gasteiger partial charge in [0.1, 0.15) is 6.54 Å². The highest BCUT2D eigenvalue weighted by Gasteiger charge is 2.26. The molecule has 1 saturated carbocycles. The van der Waals surface area contributed by atoms with Crippen molar-refractivity contribution in [3.8, 4) is 11.5 Å². The molecule has 7 nitrogen and oxygen atoms in total. The molecule has 24 heavy (non-hydrogen) atoms. The number of ether oxygens (including phenoxy) is 2. The van der Waals surface area contributed by atoms with Crippen LogP contribution in [0.1, 0.15) is 24.0 Å². The van der Waals surface area contributed by atoms with Crippen molar-refractivity contribution in [2.24, 2.45) is 0 Å². The predicted molar refractivity (Wildman–Crippen MR) is 87.3 cm³/mol. The molecule has 0 spiro atoms. The molecule has 0 aromatic heterocycles. The van der Waals surface area contributed by atoms with Crippen LogP contribution in [0.15, 0.2) is 12.1 Å². The lowest BCUT2D eigenvalue weighted by atomic mass is 9.99. The summed E-state index contributed by atoms with van der Waals surface area (Å²) in [4.78, 5) is 24.8. The van der Waals surface area contributed by atoms with Gasteiger partial charge in [0.2, 0.25) is 0 Å². The van der Waals surface area contributed by atoms with Crippen molar-refractivity contribution in [3.05, 3.63) is 23.3 Å². The van der Waals surface area contributed by atoms with Crippen molar-refractivity contribution in [3.63, 3.8) is 0 Å². The van der Waals surface area contributed by atoms with Gasteiger partial charge >= 0.3 is 6.03 Å². The van der Waals surface area contributed by atoms with Crippen molar-refractivity contribution >= 4 is 11.9 Å². The van der Waals surface area contributed by atoms with Gasteiger partial charge in [0, 0.05) is 18.0 Å². The summed E-state index contributed by atoms with van der Waals surface area (Å²) in [5.74, 6) is 1.19. The van der Waals surface area contributed by atoms with Crippen molar-refractivity contribution in [2.45, 2.75) is 31.8 Å². The average molecular weight is 334 g/mol. The molecule has 1 aromatic carbocycles. The third-order valence-corrected chi connectivity index (χ3v) is 4.47. The van der Waals surface area contributed by atoms with E-state index in [1.54, 1.807) is 14.2 Å². The van der Waals surface area contributed by atoms with E-state index in [4.69, 9.17) is 9.47 Å². The molecule has 1 atom stereocenters. The summed E-state index contributed by atoms with van der Waals surface area (Å²) in [7, 11) is 3.24. The fourth-order valence-corrected chi connectivity index (χ4v) is 3.03. The molecule has 1 heterocycles. The summed E-state index contributed by atoms with van der Waals surface area (Å²) in [6.07, 6.45) is 2.87. The van der Waals surface area contributed by atoms with Crippen molar-refractivity contribution < 1.29 is 24.0 Å². The number of nitrogens with one attached hydrogen (secondary N) is 3. The zero-order valence-corrected chi connectivity index (χ0v) is 14.1. The van der Waals surface area contributed by atoms with Gasteiger partial charge in [-0.25, -0.2) is 4.79 Å². The smallest absolute Gasteiger partial charge is 0.321 e. The van der Waals surface area contributed by atoms with Gasteiger partial charge in [-0.15, -0.1) is 0 Å². The maximum Gasteiger partial charge on any atom is 0.321 e. The first kappa shape index (κ1) is 16.6. The highest BCUT2D eigenvalue weighted by molar-refractivity contribution is 5.94. The lowest BCUT2D eigenvalue weighted by molar-refractivity contribution is -0.908. The summed E-state index contributed by atoms with van der Waals surface area (Å²) in [5, 5.41) is 5.16. The molecule has 7 heteroatoms. The minimum atomic E-state index is -0.384. The Bertz CT molecular complexity index is 643. The number of rotatable bonds is 5. The molecular formula is C17H24N3O4+. The summed E-state index contributed by atoms with van der Waals surface area (Å²) < 4.78 is 10.7. The van der Waals surface area contributed by atoms with E-state index in [0.29, 0.717) is 5.75 Å². The Morgan fingerprint density at radius 3 is 2.46 bits per heavy atom. The second-order valence-corrected chi connectivity index (χ2v) is 6.38. The zero-order chi connectivity index (χ0) is 17.1. The minimum Gasteiger partial charge on any atom is -0.493 e. The lowest BCUT2D eigenvalue weighted by Crippen LogP contribution is -3.13. The molecule has 1 aliphatic carbocycles. The quantitative estimate of drug-likeness (QED) is 0.687. The van der Waals surface area contributed by atoms with E-state index in [2.05, 4.69) is 10.6 Å². The van der Waals surface area contributed by atoms with Crippen LogP contribution in [0.2, 0.25) is 0 Å². The molecule has 1 aromatic rings. The van der Waals surface area contributed by atoms with E-state index in [-0.39, 0.29) is 24.5 Å². The van der Waals surface area contributed by atoms with Crippen molar-refractivity contribution in [1.29, 1.82) is 0 Å². The van der Waals surface area contributed by atoms with E-state index in [1.807, 2.05) is 12.1 Å². The summed E-state index contributed by atoms with van der Waals surface area (Å²) in [6, 6.07) is 3.85. The first-order valence-electron chi connectivity index (χ1n) is 8.26. The van der Waals surface area contributed by atoms with E-state index in [0.717, 1.165) is 48.6 Å².